The molecule has 0 aliphatic carbocycles. The molecule has 0 N–H and O–H groups in total. The van der Waals surface area contributed by atoms with Crippen molar-refractivity contribution in [2.45, 2.75) is 13.2 Å². The predicted octanol–water partition coefficient (Wildman–Crippen LogP) is 3.43. The summed E-state index contributed by atoms with van der Waals surface area (Å²) in [6, 6.07) is 4.95. The number of allylic oxidation sites excluding steroid dienone is 1. The van der Waals surface area contributed by atoms with Crippen LogP contribution >= 0.6 is 0 Å². The van der Waals surface area contributed by atoms with Crippen molar-refractivity contribution in [1.82, 2.24) is 0 Å². The minimum Gasteiger partial charge on any atom is -0.435 e. The smallest absolute Gasteiger partial charge is 0.387 e. The molecule has 1 rings (SSSR count). The van der Waals surface area contributed by atoms with Crippen LogP contribution in [-0.4, -0.2) is 13.2 Å². The number of nitriles is 1. The zero-order chi connectivity index (χ0) is 13.5. The molecular formula is C11H7F4NO2. The Kier molecular flexibility index (Phi) is 4.99. The van der Waals surface area contributed by atoms with Crippen LogP contribution in [0, 0.1) is 11.3 Å². The van der Waals surface area contributed by atoms with Crippen molar-refractivity contribution >= 4 is 6.08 Å². The van der Waals surface area contributed by atoms with Gasteiger partial charge in [-0.05, 0) is 18.2 Å². The molecule has 0 fully saturated rings. The van der Waals surface area contributed by atoms with E-state index in [9.17, 15) is 17.6 Å². The van der Waals surface area contributed by atoms with E-state index >= 15 is 0 Å². The van der Waals surface area contributed by atoms with Crippen LogP contribution in [0.15, 0.2) is 24.3 Å². The number of ether oxygens (including phenoxy) is 2. The first-order chi connectivity index (χ1) is 8.52. The van der Waals surface area contributed by atoms with E-state index < -0.39 is 13.2 Å². The molecule has 0 spiro atoms. The van der Waals surface area contributed by atoms with E-state index in [0.717, 1.165) is 18.2 Å². The maximum Gasteiger partial charge on any atom is 0.387 e. The van der Waals surface area contributed by atoms with Crippen molar-refractivity contribution in [2.24, 2.45) is 0 Å². The topological polar surface area (TPSA) is 42.2 Å². The summed E-state index contributed by atoms with van der Waals surface area (Å²) in [5.41, 5.74) is 0.151. The van der Waals surface area contributed by atoms with Gasteiger partial charge in [-0.1, -0.05) is 0 Å². The average Bonchev–Trinajstić information content (AvgIpc) is 2.26. The average molecular weight is 261 g/mol. The summed E-state index contributed by atoms with van der Waals surface area (Å²) < 4.78 is 56.3. The van der Waals surface area contributed by atoms with Crippen molar-refractivity contribution in [3.8, 4) is 17.6 Å². The first-order valence-electron chi connectivity index (χ1n) is 4.62. The van der Waals surface area contributed by atoms with Gasteiger partial charge in [0, 0.05) is 17.7 Å². The van der Waals surface area contributed by atoms with Gasteiger partial charge in [0.25, 0.3) is 0 Å². The van der Waals surface area contributed by atoms with E-state index in [2.05, 4.69) is 9.47 Å². The highest BCUT2D eigenvalue weighted by molar-refractivity contribution is 5.60. The Bertz CT molecular complexity index is 469. The molecule has 0 saturated carbocycles. The molecule has 0 aliphatic heterocycles. The van der Waals surface area contributed by atoms with Gasteiger partial charge in [0.2, 0.25) is 0 Å². The fourth-order valence-electron chi connectivity index (χ4n) is 1.15. The molecular weight excluding hydrogens is 254 g/mol. The molecule has 1 aromatic carbocycles. The van der Waals surface area contributed by atoms with Crippen LogP contribution in [0.4, 0.5) is 17.6 Å². The molecule has 0 bridgehead atoms. The Balaban J connectivity index is 3.04. The lowest BCUT2D eigenvalue weighted by molar-refractivity contribution is -0.0543. The van der Waals surface area contributed by atoms with E-state index in [-0.39, 0.29) is 17.1 Å². The third-order valence-electron chi connectivity index (χ3n) is 1.76. The van der Waals surface area contributed by atoms with Gasteiger partial charge in [-0.25, -0.2) is 0 Å². The normalized spacial score (nSPS) is 10.9. The maximum atomic E-state index is 12.1. The Morgan fingerprint density at radius 2 is 1.78 bits per heavy atom. The summed E-state index contributed by atoms with van der Waals surface area (Å²) in [4.78, 5) is 0. The Morgan fingerprint density at radius 3 is 2.33 bits per heavy atom. The largest absolute Gasteiger partial charge is 0.435 e. The third kappa shape index (κ3) is 4.33. The van der Waals surface area contributed by atoms with Crippen molar-refractivity contribution in [3.63, 3.8) is 0 Å². The zero-order valence-corrected chi connectivity index (χ0v) is 8.82. The van der Waals surface area contributed by atoms with Crippen molar-refractivity contribution in [2.75, 3.05) is 0 Å². The van der Waals surface area contributed by atoms with Crippen LogP contribution in [0.2, 0.25) is 0 Å². The van der Waals surface area contributed by atoms with Crippen LogP contribution in [0.25, 0.3) is 6.08 Å². The van der Waals surface area contributed by atoms with Crippen LogP contribution in [0.1, 0.15) is 5.56 Å². The third-order valence-corrected chi connectivity index (χ3v) is 1.76. The minimum atomic E-state index is -3.11. The number of alkyl halides is 4. The van der Waals surface area contributed by atoms with Crippen molar-refractivity contribution in [3.05, 3.63) is 29.8 Å². The zero-order valence-electron chi connectivity index (χ0n) is 8.82. The Hall–Kier alpha value is -2.23. The standard InChI is InChI=1S/C11H7F4NO2/c12-10(13)17-8-4-3-7(2-1-5-16)9(6-8)18-11(14)15/h1-4,6,10-11H/b2-1+. The number of nitrogens with zero attached hydrogens (tertiary/aromatic N) is 1. The second-order valence-electron chi connectivity index (χ2n) is 2.92. The molecule has 0 atom stereocenters. The van der Waals surface area contributed by atoms with Crippen LogP contribution < -0.4 is 9.47 Å². The van der Waals surface area contributed by atoms with Gasteiger partial charge in [0.1, 0.15) is 11.5 Å². The van der Waals surface area contributed by atoms with E-state index in [0.29, 0.717) is 0 Å². The summed E-state index contributed by atoms with van der Waals surface area (Å²) in [5, 5.41) is 8.32. The first-order valence-corrected chi connectivity index (χ1v) is 4.62. The molecule has 0 radical (unpaired) electrons. The lowest BCUT2D eigenvalue weighted by Gasteiger charge is -2.10. The molecule has 0 unspecified atom stereocenters. The number of hydrogen-bond donors (Lipinski definition) is 0. The van der Waals surface area contributed by atoms with Gasteiger partial charge in [0.15, 0.2) is 0 Å². The lowest BCUT2D eigenvalue weighted by Crippen LogP contribution is -2.05. The second kappa shape index (κ2) is 6.49. The van der Waals surface area contributed by atoms with E-state index in [1.54, 1.807) is 6.07 Å². The molecule has 0 aromatic heterocycles. The molecule has 18 heavy (non-hydrogen) atoms. The SMILES string of the molecule is N#C/C=C/c1ccc(OC(F)F)cc1OC(F)F. The molecule has 96 valence electrons. The fraction of sp³-hybridized carbons (Fsp3) is 0.182. The Labute approximate surface area is 99.8 Å². The quantitative estimate of drug-likeness (QED) is 0.602. The molecule has 3 nitrogen and oxygen atoms in total. The number of rotatable bonds is 5. The van der Waals surface area contributed by atoms with Crippen molar-refractivity contribution in [1.29, 1.82) is 5.26 Å². The first kappa shape index (κ1) is 13.8. The monoisotopic (exact) mass is 261 g/mol. The number of hydrogen-bond acceptors (Lipinski definition) is 3. The summed E-state index contributed by atoms with van der Waals surface area (Å²) >= 11 is 0. The molecule has 0 saturated heterocycles. The molecule has 0 aliphatic rings. The summed E-state index contributed by atoms with van der Waals surface area (Å²) in [7, 11) is 0. The van der Waals surface area contributed by atoms with Crippen LogP contribution in [-0.2, 0) is 0 Å². The molecule has 1 aromatic rings. The van der Waals surface area contributed by atoms with Crippen LogP contribution in [0.5, 0.6) is 11.5 Å². The summed E-state index contributed by atoms with van der Waals surface area (Å²) in [5.74, 6) is -0.663. The van der Waals surface area contributed by atoms with Gasteiger partial charge in [-0.15, -0.1) is 0 Å². The summed E-state index contributed by atoms with van der Waals surface area (Å²) in [6.45, 7) is -6.18. The van der Waals surface area contributed by atoms with Crippen LogP contribution in [0.3, 0.4) is 0 Å². The summed E-state index contributed by atoms with van der Waals surface area (Å²) in [6.07, 6.45) is 2.26. The number of halogens is 4. The van der Waals surface area contributed by atoms with Gasteiger partial charge < -0.3 is 9.47 Å². The van der Waals surface area contributed by atoms with Gasteiger partial charge in [-0.2, -0.15) is 22.8 Å². The van der Waals surface area contributed by atoms with Crippen molar-refractivity contribution < 1.29 is 27.0 Å². The number of benzene rings is 1. The maximum absolute atomic E-state index is 12.1. The van der Waals surface area contributed by atoms with E-state index in [4.69, 9.17) is 5.26 Å². The fourth-order valence-corrected chi connectivity index (χ4v) is 1.15. The van der Waals surface area contributed by atoms with Gasteiger partial charge in [-0.3, -0.25) is 0 Å². The lowest BCUT2D eigenvalue weighted by atomic mass is 10.2. The van der Waals surface area contributed by atoms with E-state index in [1.807, 2.05) is 0 Å². The minimum absolute atomic E-state index is 0.151. The molecule has 7 heteroatoms. The van der Waals surface area contributed by atoms with E-state index in [1.165, 1.54) is 12.1 Å². The highest BCUT2D eigenvalue weighted by Crippen LogP contribution is 2.28. The Morgan fingerprint density at radius 1 is 1.11 bits per heavy atom. The highest BCUT2D eigenvalue weighted by atomic mass is 19.3. The molecule has 0 heterocycles. The van der Waals surface area contributed by atoms with Gasteiger partial charge in [0.05, 0.1) is 6.07 Å². The molecule has 0 amide bonds. The predicted molar refractivity (Wildman–Crippen MR) is 54.4 cm³/mol. The highest BCUT2D eigenvalue weighted by Gasteiger charge is 2.11. The second-order valence-corrected chi connectivity index (χ2v) is 2.92. The van der Waals surface area contributed by atoms with Gasteiger partial charge >= 0.3 is 13.2 Å².